The van der Waals surface area contributed by atoms with E-state index in [4.69, 9.17) is 0 Å². The molecule has 0 heterocycles. The number of allylic oxidation sites excluding steroid dienone is 3. The number of non-ortho nitro benzene ring substituents is 1. The van der Waals surface area contributed by atoms with Crippen LogP contribution in [0.1, 0.15) is 33.6 Å². The molecule has 124 valence electrons. The maximum Gasteiger partial charge on any atom is 0.319 e. The van der Waals surface area contributed by atoms with Gasteiger partial charge in [-0.2, -0.15) is 0 Å². The molecule has 6 nitrogen and oxygen atoms in total. The Kier molecular flexibility index (Phi) is 7.53. The summed E-state index contributed by atoms with van der Waals surface area (Å²) < 4.78 is 0. The minimum atomic E-state index is -0.480. The number of benzene rings is 1. The Morgan fingerprint density at radius 3 is 2.39 bits per heavy atom. The summed E-state index contributed by atoms with van der Waals surface area (Å²) in [7, 11) is 0. The highest BCUT2D eigenvalue weighted by Crippen LogP contribution is 2.15. The SMILES string of the molecule is CC(C)=CCC/C(C)=C/CNC(=O)Nc1ccc([N+](=O)[O-])cc1. The highest BCUT2D eigenvalue weighted by molar-refractivity contribution is 5.89. The summed E-state index contributed by atoms with van der Waals surface area (Å²) >= 11 is 0. The predicted octanol–water partition coefficient (Wildman–Crippen LogP) is 4.41. The second-order valence-electron chi connectivity index (χ2n) is 5.51. The summed E-state index contributed by atoms with van der Waals surface area (Å²) in [6, 6.07) is 5.36. The molecule has 0 fully saturated rings. The fourth-order valence-electron chi connectivity index (χ4n) is 1.85. The minimum Gasteiger partial charge on any atom is -0.334 e. The molecule has 0 aliphatic carbocycles. The molecular weight excluding hydrogens is 294 g/mol. The van der Waals surface area contributed by atoms with Crippen molar-refractivity contribution in [3.05, 3.63) is 57.7 Å². The summed E-state index contributed by atoms with van der Waals surface area (Å²) in [5.41, 5.74) is 3.03. The number of anilines is 1. The van der Waals surface area contributed by atoms with Crippen molar-refractivity contribution in [2.24, 2.45) is 0 Å². The fraction of sp³-hybridized carbons (Fsp3) is 0.353. The Morgan fingerprint density at radius 1 is 1.17 bits per heavy atom. The van der Waals surface area contributed by atoms with E-state index in [1.165, 1.54) is 35.4 Å². The quantitative estimate of drug-likeness (QED) is 0.444. The van der Waals surface area contributed by atoms with Crippen LogP contribution in [0.4, 0.5) is 16.2 Å². The molecule has 1 aromatic carbocycles. The van der Waals surface area contributed by atoms with Crippen LogP contribution >= 0.6 is 0 Å². The Labute approximate surface area is 136 Å². The Morgan fingerprint density at radius 2 is 1.83 bits per heavy atom. The first-order valence-electron chi connectivity index (χ1n) is 7.47. The second-order valence-corrected chi connectivity index (χ2v) is 5.51. The standard InChI is InChI=1S/C17H23N3O3/c1-13(2)5-4-6-14(3)11-12-18-17(21)19-15-7-9-16(10-8-15)20(22)23/h5,7-11H,4,6,12H2,1-3H3,(H2,18,19,21)/b14-11+. The zero-order valence-corrected chi connectivity index (χ0v) is 13.8. The molecule has 0 aromatic heterocycles. The Hall–Kier alpha value is -2.63. The lowest BCUT2D eigenvalue weighted by Crippen LogP contribution is -2.28. The number of hydrogen-bond donors (Lipinski definition) is 2. The molecule has 6 heteroatoms. The lowest BCUT2D eigenvalue weighted by molar-refractivity contribution is -0.384. The van der Waals surface area contributed by atoms with Gasteiger partial charge in [0.1, 0.15) is 0 Å². The Balaban J connectivity index is 2.36. The molecule has 0 saturated heterocycles. The molecule has 0 saturated carbocycles. The van der Waals surface area contributed by atoms with Gasteiger partial charge in [-0.05, 0) is 45.7 Å². The minimum absolute atomic E-state index is 0.00844. The third-order valence-electron chi connectivity index (χ3n) is 3.14. The van der Waals surface area contributed by atoms with Crippen molar-refractivity contribution >= 4 is 17.4 Å². The monoisotopic (exact) mass is 317 g/mol. The van der Waals surface area contributed by atoms with Crippen LogP contribution in [-0.2, 0) is 0 Å². The second kappa shape index (κ2) is 9.40. The molecule has 1 rings (SSSR count). The van der Waals surface area contributed by atoms with Gasteiger partial charge in [0.15, 0.2) is 0 Å². The van der Waals surface area contributed by atoms with Crippen molar-refractivity contribution < 1.29 is 9.72 Å². The zero-order valence-electron chi connectivity index (χ0n) is 13.8. The molecule has 0 aliphatic rings. The van der Waals surface area contributed by atoms with E-state index >= 15 is 0 Å². The number of hydrogen-bond acceptors (Lipinski definition) is 3. The van der Waals surface area contributed by atoms with Crippen LogP contribution < -0.4 is 10.6 Å². The number of carbonyl (C=O) groups is 1. The van der Waals surface area contributed by atoms with Crippen LogP contribution in [-0.4, -0.2) is 17.5 Å². The number of urea groups is 1. The molecule has 0 spiro atoms. The average molecular weight is 317 g/mol. The van der Waals surface area contributed by atoms with Gasteiger partial charge in [0.2, 0.25) is 0 Å². The average Bonchev–Trinajstić information content (AvgIpc) is 2.47. The first-order valence-corrected chi connectivity index (χ1v) is 7.47. The topological polar surface area (TPSA) is 84.3 Å². The predicted molar refractivity (Wildman–Crippen MR) is 92.5 cm³/mol. The van der Waals surface area contributed by atoms with Gasteiger partial charge in [0.25, 0.3) is 5.69 Å². The van der Waals surface area contributed by atoms with Crippen molar-refractivity contribution in [3.8, 4) is 0 Å². The van der Waals surface area contributed by atoms with Crippen molar-refractivity contribution in [3.63, 3.8) is 0 Å². The Bertz CT molecular complexity index is 600. The molecule has 0 unspecified atom stereocenters. The van der Waals surface area contributed by atoms with Crippen molar-refractivity contribution in [1.82, 2.24) is 5.32 Å². The first kappa shape index (κ1) is 18.4. The normalized spacial score (nSPS) is 10.8. The number of carbonyl (C=O) groups excluding carboxylic acids is 1. The van der Waals surface area contributed by atoms with E-state index in [2.05, 4.69) is 30.6 Å². The van der Waals surface area contributed by atoms with Gasteiger partial charge >= 0.3 is 6.03 Å². The van der Waals surface area contributed by atoms with E-state index in [1.807, 2.05) is 13.0 Å². The third kappa shape index (κ3) is 7.80. The number of nitrogens with zero attached hydrogens (tertiary/aromatic N) is 1. The summed E-state index contributed by atoms with van der Waals surface area (Å²) in [5.74, 6) is 0. The molecule has 0 atom stereocenters. The van der Waals surface area contributed by atoms with E-state index < -0.39 is 4.92 Å². The number of nitro benzene ring substituents is 1. The van der Waals surface area contributed by atoms with Crippen LogP contribution in [0.2, 0.25) is 0 Å². The van der Waals surface area contributed by atoms with Crippen LogP contribution in [0, 0.1) is 10.1 Å². The number of nitrogens with one attached hydrogen (secondary N) is 2. The third-order valence-corrected chi connectivity index (χ3v) is 3.14. The molecule has 23 heavy (non-hydrogen) atoms. The van der Waals surface area contributed by atoms with Gasteiger partial charge < -0.3 is 10.6 Å². The molecule has 0 aliphatic heterocycles. The van der Waals surface area contributed by atoms with Crippen LogP contribution in [0.3, 0.4) is 0 Å². The van der Waals surface area contributed by atoms with Crippen molar-refractivity contribution in [2.75, 3.05) is 11.9 Å². The van der Waals surface area contributed by atoms with Crippen molar-refractivity contribution in [1.29, 1.82) is 0 Å². The zero-order chi connectivity index (χ0) is 17.2. The van der Waals surface area contributed by atoms with Crippen LogP contribution in [0.25, 0.3) is 0 Å². The highest BCUT2D eigenvalue weighted by atomic mass is 16.6. The van der Waals surface area contributed by atoms with Gasteiger partial charge in [0.05, 0.1) is 4.92 Å². The largest absolute Gasteiger partial charge is 0.334 e. The molecule has 0 bridgehead atoms. The number of rotatable bonds is 7. The smallest absolute Gasteiger partial charge is 0.319 e. The first-order chi connectivity index (χ1) is 10.9. The molecule has 2 N–H and O–H groups in total. The van der Waals surface area contributed by atoms with Crippen LogP contribution in [0.15, 0.2) is 47.6 Å². The molecule has 2 amide bonds. The lowest BCUT2D eigenvalue weighted by Gasteiger charge is -2.06. The molecule has 0 radical (unpaired) electrons. The maximum absolute atomic E-state index is 11.7. The van der Waals surface area contributed by atoms with Gasteiger partial charge in [-0.3, -0.25) is 10.1 Å². The summed E-state index contributed by atoms with van der Waals surface area (Å²) in [6.45, 7) is 6.63. The van der Waals surface area contributed by atoms with Gasteiger partial charge in [0, 0.05) is 24.4 Å². The molecule has 1 aromatic rings. The van der Waals surface area contributed by atoms with Gasteiger partial charge in [-0.25, -0.2) is 4.79 Å². The summed E-state index contributed by atoms with van der Waals surface area (Å²) in [5, 5.41) is 15.9. The van der Waals surface area contributed by atoms with E-state index in [-0.39, 0.29) is 11.7 Å². The van der Waals surface area contributed by atoms with Crippen molar-refractivity contribution in [2.45, 2.75) is 33.6 Å². The number of nitro groups is 1. The van der Waals surface area contributed by atoms with E-state index in [9.17, 15) is 14.9 Å². The fourth-order valence-corrected chi connectivity index (χ4v) is 1.85. The number of amides is 2. The summed E-state index contributed by atoms with van der Waals surface area (Å²) in [4.78, 5) is 21.8. The highest BCUT2D eigenvalue weighted by Gasteiger charge is 2.05. The lowest BCUT2D eigenvalue weighted by atomic mass is 10.1. The van der Waals surface area contributed by atoms with E-state index in [0.717, 1.165) is 12.8 Å². The van der Waals surface area contributed by atoms with Gasteiger partial charge in [-0.1, -0.05) is 23.3 Å². The van der Waals surface area contributed by atoms with E-state index in [1.54, 1.807) is 0 Å². The summed E-state index contributed by atoms with van der Waals surface area (Å²) in [6.07, 6.45) is 6.14. The van der Waals surface area contributed by atoms with E-state index in [0.29, 0.717) is 12.2 Å². The van der Waals surface area contributed by atoms with Crippen LogP contribution in [0.5, 0.6) is 0 Å². The van der Waals surface area contributed by atoms with Gasteiger partial charge in [-0.15, -0.1) is 0 Å². The maximum atomic E-state index is 11.7. The molecular formula is C17H23N3O3.